The maximum Gasteiger partial charge on any atom is 0.254 e. The quantitative estimate of drug-likeness (QED) is 0.727. The lowest BCUT2D eigenvalue weighted by Gasteiger charge is -2.57. The molecule has 5 nitrogen and oxygen atoms in total. The van der Waals surface area contributed by atoms with Crippen LogP contribution in [0.5, 0.6) is 0 Å². The van der Waals surface area contributed by atoms with E-state index in [2.05, 4.69) is 16.7 Å². The minimum Gasteiger partial charge on any atom is -0.395 e. The third kappa shape index (κ3) is 4.71. The van der Waals surface area contributed by atoms with Crippen LogP contribution >= 0.6 is 0 Å². The summed E-state index contributed by atoms with van der Waals surface area (Å²) in [6.45, 7) is 3.76. The lowest BCUT2D eigenvalue weighted by Crippen LogP contribution is -2.67. The van der Waals surface area contributed by atoms with Crippen LogP contribution in [-0.4, -0.2) is 70.3 Å². The molecule has 0 aromatic heterocycles. The largest absolute Gasteiger partial charge is 0.395 e. The van der Waals surface area contributed by atoms with E-state index in [0.717, 1.165) is 30.5 Å². The standard InChI is InChI=1S/C26H29FN2O3/c1-18(31)7-8-19-9-11-20(12-10-19)25-23-16-28(13-2-3-14-29(23)24(25)17-30)26(32)21-5-4-6-22(27)15-21/h4-6,9-12,15,18,23-25,30-31H,2-3,13-14,16-17H2,1H3/t18-,23-,24+,25-/m0/s1. The smallest absolute Gasteiger partial charge is 0.254 e. The molecule has 2 saturated heterocycles. The summed E-state index contributed by atoms with van der Waals surface area (Å²) in [5.41, 5.74) is 2.30. The van der Waals surface area contributed by atoms with Crippen molar-refractivity contribution in [2.75, 3.05) is 26.2 Å². The molecule has 2 heterocycles. The molecule has 168 valence electrons. The number of rotatable bonds is 3. The number of benzene rings is 2. The van der Waals surface area contributed by atoms with Crippen LogP contribution in [0.15, 0.2) is 48.5 Å². The average molecular weight is 437 g/mol. The van der Waals surface area contributed by atoms with E-state index in [1.165, 1.54) is 12.1 Å². The van der Waals surface area contributed by atoms with Gasteiger partial charge in [0.15, 0.2) is 0 Å². The van der Waals surface area contributed by atoms with E-state index in [0.29, 0.717) is 18.7 Å². The number of carbonyl (C=O) groups is 1. The Morgan fingerprint density at radius 1 is 1.19 bits per heavy atom. The van der Waals surface area contributed by atoms with Crippen molar-refractivity contribution < 1.29 is 19.4 Å². The first-order chi connectivity index (χ1) is 15.5. The molecule has 2 aliphatic rings. The van der Waals surface area contributed by atoms with Gasteiger partial charge in [0.1, 0.15) is 11.9 Å². The van der Waals surface area contributed by atoms with Crippen LogP contribution in [0.1, 0.15) is 47.2 Å². The number of nitrogens with zero attached hydrogens (tertiary/aromatic N) is 2. The second-order valence-corrected chi connectivity index (χ2v) is 8.62. The van der Waals surface area contributed by atoms with Gasteiger partial charge in [0.2, 0.25) is 0 Å². The molecule has 2 aliphatic heterocycles. The second kappa shape index (κ2) is 9.83. The molecule has 0 spiro atoms. The van der Waals surface area contributed by atoms with Crippen LogP contribution in [0.2, 0.25) is 0 Å². The molecular formula is C26H29FN2O3. The highest BCUT2D eigenvalue weighted by atomic mass is 19.1. The molecule has 0 bridgehead atoms. The van der Waals surface area contributed by atoms with Crippen molar-refractivity contribution in [1.29, 1.82) is 0 Å². The molecule has 0 aliphatic carbocycles. The zero-order valence-electron chi connectivity index (χ0n) is 18.2. The summed E-state index contributed by atoms with van der Waals surface area (Å²) in [5, 5.41) is 19.4. The van der Waals surface area contributed by atoms with Crippen molar-refractivity contribution in [3.05, 3.63) is 71.0 Å². The van der Waals surface area contributed by atoms with E-state index in [4.69, 9.17) is 0 Å². The minimum atomic E-state index is -0.676. The van der Waals surface area contributed by atoms with E-state index >= 15 is 0 Å². The van der Waals surface area contributed by atoms with Gasteiger partial charge in [0.25, 0.3) is 5.91 Å². The summed E-state index contributed by atoms with van der Waals surface area (Å²) in [6.07, 6.45) is 1.15. The lowest BCUT2D eigenvalue weighted by molar-refractivity contribution is -0.0606. The van der Waals surface area contributed by atoms with Crippen LogP contribution < -0.4 is 0 Å². The fourth-order valence-electron chi connectivity index (χ4n) is 4.91. The van der Waals surface area contributed by atoms with Gasteiger partial charge in [-0.2, -0.15) is 0 Å². The number of fused-ring (bicyclic) bond motifs is 1. The second-order valence-electron chi connectivity index (χ2n) is 8.62. The van der Waals surface area contributed by atoms with Crippen molar-refractivity contribution >= 4 is 5.91 Å². The molecule has 0 unspecified atom stereocenters. The third-order valence-electron chi connectivity index (χ3n) is 6.45. The fourth-order valence-corrected chi connectivity index (χ4v) is 4.91. The van der Waals surface area contributed by atoms with Crippen LogP contribution in [0.3, 0.4) is 0 Å². The zero-order chi connectivity index (χ0) is 22.7. The summed E-state index contributed by atoms with van der Waals surface area (Å²) < 4.78 is 13.7. The van der Waals surface area contributed by atoms with Crippen molar-refractivity contribution in [2.45, 2.75) is 43.9 Å². The number of amides is 1. The number of halogens is 1. The Balaban J connectivity index is 1.56. The Hall–Kier alpha value is -2.72. The van der Waals surface area contributed by atoms with E-state index in [9.17, 15) is 19.4 Å². The van der Waals surface area contributed by atoms with E-state index in [-0.39, 0.29) is 30.5 Å². The Kier molecular flexibility index (Phi) is 6.90. The van der Waals surface area contributed by atoms with Crippen LogP contribution in [0, 0.1) is 17.7 Å². The molecule has 1 amide bonds. The normalized spacial score (nSPS) is 24.2. The molecule has 0 saturated carbocycles. The van der Waals surface area contributed by atoms with Crippen LogP contribution in [-0.2, 0) is 0 Å². The lowest BCUT2D eigenvalue weighted by atomic mass is 9.74. The minimum absolute atomic E-state index is 0.0126. The fraction of sp³-hybridized carbons (Fsp3) is 0.423. The number of hydrogen-bond acceptors (Lipinski definition) is 4. The summed E-state index contributed by atoms with van der Waals surface area (Å²) in [5.74, 6) is 5.22. The van der Waals surface area contributed by atoms with E-state index in [1.54, 1.807) is 19.1 Å². The molecule has 2 fully saturated rings. The van der Waals surface area contributed by atoms with Crippen molar-refractivity contribution in [1.82, 2.24) is 9.80 Å². The van der Waals surface area contributed by atoms with Crippen LogP contribution in [0.4, 0.5) is 4.39 Å². The van der Waals surface area contributed by atoms with Crippen molar-refractivity contribution in [3.63, 3.8) is 0 Å². The topological polar surface area (TPSA) is 64.0 Å². The average Bonchev–Trinajstić information content (AvgIpc) is 2.77. The third-order valence-corrected chi connectivity index (χ3v) is 6.45. The summed E-state index contributed by atoms with van der Waals surface area (Å²) in [7, 11) is 0. The summed E-state index contributed by atoms with van der Waals surface area (Å²) >= 11 is 0. The first kappa shape index (κ1) is 22.5. The molecule has 2 aromatic carbocycles. The molecule has 2 aromatic rings. The van der Waals surface area contributed by atoms with E-state index < -0.39 is 11.9 Å². The van der Waals surface area contributed by atoms with Gasteiger partial charge < -0.3 is 15.1 Å². The number of aliphatic hydroxyl groups is 2. The van der Waals surface area contributed by atoms with Gasteiger partial charge in [-0.3, -0.25) is 9.69 Å². The summed E-state index contributed by atoms with van der Waals surface area (Å²) in [4.78, 5) is 17.2. The maximum atomic E-state index is 13.7. The molecule has 0 radical (unpaired) electrons. The van der Waals surface area contributed by atoms with Crippen molar-refractivity contribution in [2.24, 2.45) is 0 Å². The van der Waals surface area contributed by atoms with Gasteiger partial charge in [-0.1, -0.05) is 30.0 Å². The number of aliphatic hydroxyl groups excluding tert-OH is 2. The van der Waals surface area contributed by atoms with Gasteiger partial charge in [0.05, 0.1) is 6.61 Å². The zero-order valence-corrected chi connectivity index (χ0v) is 18.2. The molecule has 2 N–H and O–H groups in total. The highest BCUT2D eigenvalue weighted by Crippen LogP contribution is 2.42. The predicted molar refractivity (Wildman–Crippen MR) is 121 cm³/mol. The van der Waals surface area contributed by atoms with Crippen molar-refractivity contribution in [3.8, 4) is 11.8 Å². The van der Waals surface area contributed by atoms with Crippen LogP contribution in [0.25, 0.3) is 0 Å². The Bertz CT molecular complexity index is 1010. The van der Waals surface area contributed by atoms with Gasteiger partial charge in [0, 0.05) is 42.2 Å². The highest BCUT2D eigenvalue weighted by Gasteiger charge is 2.49. The first-order valence-electron chi connectivity index (χ1n) is 11.2. The first-order valence-corrected chi connectivity index (χ1v) is 11.2. The van der Waals surface area contributed by atoms with Gasteiger partial charge >= 0.3 is 0 Å². The van der Waals surface area contributed by atoms with Gasteiger partial charge in [-0.25, -0.2) is 4.39 Å². The number of carbonyl (C=O) groups excluding carboxylic acids is 1. The molecular weight excluding hydrogens is 407 g/mol. The SMILES string of the molecule is C[C@H](O)C#Cc1ccc([C@@H]2[C@@H](CO)N3CCCCN(C(=O)c4cccc(F)c4)C[C@@H]23)cc1. The highest BCUT2D eigenvalue weighted by molar-refractivity contribution is 5.94. The molecule has 4 atom stereocenters. The Morgan fingerprint density at radius 3 is 2.62 bits per heavy atom. The van der Waals surface area contributed by atoms with Gasteiger partial charge in [-0.15, -0.1) is 0 Å². The Morgan fingerprint density at radius 2 is 1.94 bits per heavy atom. The Labute approximate surface area is 188 Å². The molecule has 6 heteroatoms. The monoisotopic (exact) mass is 436 g/mol. The predicted octanol–water partition coefficient (Wildman–Crippen LogP) is 2.62. The molecule has 4 rings (SSSR count). The van der Waals surface area contributed by atoms with E-state index in [1.807, 2.05) is 29.2 Å². The number of hydrogen-bond donors (Lipinski definition) is 2. The maximum absolute atomic E-state index is 13.7. The molecule has 32 heavy (non-hydrogen) atoms. The van der Waals surface area contributed by atoms with Gasteiger partial charge in [-0.05, 0) is 62.2 Å². The summed E-state index contributed by atoms with van der Waals surface area (Å²) in [6, 6.07) is 13.9.